The van der Waals surface area contributed by atoms with E-state index < -0.39 is 0 Å². The first-order valence-electron chi connectivity index (χ1n) is 8.86. The lowest BCUT2D eigenvalue weighted by Gasteiger charge is -2.34. The van der Waals surface area contributed by atoms with Gasteiger partial charge in [0.2, 0.25) is 0 Å². The van der Waals surface area contributed by atoms with Gasteiger partial charge in [-0.15, -0.1) is 11.3 Å². The van der Waals surface area contributed by atoms with Crippen LogP contribution in [0.2, 0.25) is 0 Å². The molecule has 2 heterocycles. The van der Waals surface area contributed by atoms with E-state index in [1.165, 1.54) is 28.4 Å². The van der Waals surface area contributed by atoms with E-state index >= 15 is 0 Å². The number of piperazine rings is 1. The van der Waals surface area contributed by atoms with E-state index in [1.807, 2.05) is 40.5 Å². The molecule has 5 nitrogen and oxygen atoms in total. The van der Waals surface area contributed by atoms with Crippen LogP contribution in [0.1, 0.15) is 32.4 Å². The molecule has 2 aliphatic rings. The summed E-state index contributed by atoms with van der Waals surface area (Å²) in [6.45, 7) is 4.20. The van der Waals surface area contributed by atoms with Gasteiger partial charge in [0, 0.05) is 31.1 Å². The summed E-state index contributed by atoms with van der Waals surface area (Å²) in [5, 5.41) is 1.23. The second-order valence-electron chi connectivity index (χ2n) is 6.60. The number of para-hydroxylation sites is 1. The Morgan fingerprint density at radius 3 is 2.76 bits per heavy atom. The quantitative estimate of drug-likeness (QED) is 0.844. The summed E-state index contributed by atoms with van der Waals surface area (Å²) in [7, 11) is 1.61. The molecule has 4 rings (SSSR count). The largest absolute Gasteiger partial charge is 0.496 e. The van der Waals surface area contributed by atoms with Crippen LogP contribution in [0.5, 0.6) is 5.75 Å². The predicted octanol–water partition coefficient (Wildman–Crippen LogP) is 2.60. The lowest BCUT2D eigenvalue weighted by Crippen LogP contribution is -2.48. The first-order valence-corrected chi connectivity index (χ1v) is 9.68. The highest BCUT2D eigenvalue weighted by Crippen LogP contribution is 2.28. The van der Waals surface area contributed by atoms with Crippen LogP contribution in [-0.2, 0) is 19.4 Å². The number of methoxy groups -OCH3 is 1. The third-order valence-corrected chi connectivity index (χ3v) is 6.14. The van der Waals surface area contributed by atoms with E-state index in [4.69, 9.17) is 9.72 Å². The number of carbonyl (C=O) groups is 1. The molecule has 0 spiro atoms. The van der Waals surface area contributed by atoms with Crippen LogP contribution in [-0.4, -0.2) is 54.0 Å². The van der Waals surface area contributed by atoms with Gasteiger partial charge in [-0.25, -0.2) is 4.98 Å². The number of amides is 1. The maximum atomic E-state index is 12.8. The van der Waals surface area contributed by atoms with E-state index in [-0.39, 0.29) is 5.91 Å². The molecule has 25 heavy (non-hydrogen) atoms. The summed E-state index contributed by atoms with van der Waals surface area (Å²) in [6.07, 6.45) is 3.61. The predicted molar refractivity (Wildman–Crippen MR) is 98.3 cm³/mol. The Labute approximate surface area is 152 Å². The number of aryl methyl sites for hydroxylation is 2. The Hall–Kier alpha value is -1.92. The first kappa shape index (κ1) is 16.5. The smallest absolute Gasteiger partial charge is 0.257 e. The van der Waals surface area contributed by atoms with Gasteiger partial charge in [0.1, 0.15) is 10.8 Å². The van der Waals surface area contributed by atoms with Crippen LogP contribution in [0, 0.1) is 0 Å². The molecule has 1 aliphatic carbocycles. The van der Waals surface area contributed by atoms with Crippen LogP contribution in [0.3, 0.4) is 0 Å². The van der Waals surface area contributed by atoms with Crippen molar-refractivity contribution in [3.05, 3.63) is 45.4 Å². The summed E-state index contributed by atoms with van der Waals surface area (Å²) in [5.74, 6) is 0.706. The molecule has 1 amide bonds. The molecule has 1 saturated heterocycles. The van der Waals surface area contributed by atoms with Gasteiger partial charge in [-0.3, -0.25) is 9.69 Å². The molecule has 0 bridgehead atoms. The molecule has 1 aromatic carbocycles. The number of fused-ring (bicyclic) bond motifs is 1. The zero-order valence-electron chi connectivity index (χ0n) is 14.5. The van der Waals surface area contributed by atoms with Crippen molar-refractivity contribution in [2.75, 3.05) is 33.3 Å². The van der Waals surface area contributed by atoms with Crippen LogP contribution in [0.4, 0.5) is 0 Å². The highest BCUT2D eigenvalue weighted by atomic mass is 32.1. The molecular weight excluding hydrogens is 334 g/mol. The maximum absolute atomic E-state index is 12.8. The molecule has 1 aliphatic heterocycles. The zero-order valence-corrected chi connectivity index (χ0v) is 15.3. The van der Waals surface area contributed by atoms with E-state index in [2.05, 4.69) is 4.90 Å². The van der Waals surface area contributed by atoms with Crippen molar-refractivity contribution in [1.82, 2.24) is 14.8 Å². The van der Waals surface area contributed by atoms with E-state index in [9.17, 15) is 4.79 Å². The average molecular weight is 357 g/mol. The molecule has 0 radical (unpaired) electrons. The average Bonchev–Trinajstić information content (AvgIpc) is 3.23. The summed E-state index contributed by atoms with van der Waals surface area (Å²) < 4.78 is 5.32. The molecule has 0 N–H and O–H groups in total. The Morgan fingerprint density at radius 2 is 2.00 bits per heavy atom. The van der Waals surface area contributed by atoms with Gasteiger partial charge >= 0.3 is 0 Å². The number of rotatable bonds is 4. The summed E-state index contributed by atoms with van der Waals surface area (Å²) in [6, 6.07) is 7.45. The van der Waals surface area contributed by atoms with Gasteiger partial charge in [0.05, 0.1) is 24.9 Å². The van der Waals surface area contributed by atoms with E-state index in [1.54, 1.807) is 7.11 Å². The topological polar surface area (TPSA) is 45.7 Å². The maximum Gasteiger partial charge on any atom is 0.257 e. The van der Waals surface area contributed by atoms with Crippen LogP contribution in [0.15, 0.2) is 24.3 Å². The molecule has 0 saturated carbocycles. The minimum atomic E-state index is 0.0605. The summed E-state index contributed by atoms with van der Waals surface area (Å²) in [5.41, 5.74) is 1.97. The number of nitrogens with zero attached hydrogens (tertiary/aromatic N) is 3. The number of ether oxygens (including phenoxy) is 1. The van der Waals surface area contributed by atoms with Crippen molar-refractivity contribution in [2.24, 2.45) is 0 Å². The van der Waals surface area contributed by atoms with Gasteiger partial charge in [-0.2, -0.15) is 0 Å². The van der Waals surface area contributed by atoms with E-state index in [0.717, 1.165) is 39.1 Å². The van der Waals surface area contributed by atoms with Crippen molar-refractivity contribution in [3.63, 3.8) is 0 Å². The third-order valence-electron chi connectivity index (χ3n) is 5.00. The molecular formula is C19H23N3O2S. The van der Waals surface area contributed by atoms with Gasteiger partial charge in [-0.1, -0.05) is 12.1 Å². The molecule has 1 aromatic heterocycles. The lowest BCUT2D eigenvalue weighted by atomic mass is 10.1. The van der Waals surface area contributed by atoms with Gasteiger partial charge in [0.25, 0.3) is 5.91 Å². The Bertz CT molecular complexity index is 744. The van der Waals surface area contributed by atoms with Crippen molar-refractivity contribution in [3.8, 4) is 5.75 Å². The monoisotopic (exact) mass is 357 g/mol. The second-order valence-corrected chi connectivity index (χ2v) is 7.77. The fraction of sp³-hybridized carbons (Fsp3) is 0.474. The van der Waals surface area contributed by atoms with Crippen LogP contribution in [0.25, 0.3) is 0 Å². The van der Waals surface area contributed by atoms with Crippen LogP contribution >= 0.6 is 11.3 Å². The number of benzene rings is 1. The molecule has 0 unspecified atom stereocenters. The standard InChI is InChI=1S/C19H23N3O2S/c1-24-16-7-3-2-5-14(16)19(23)22-11-9-21(10-12-22)13-18-20-15-6-4-8-17(15)25-18/h2-3,5,7H,4,6,8-13H2,1H3. The van der Waals surface area contributed by atoms with Crippen LogP contribution < -0.4 is 4.74 Å². The minimum absolute atomic E-state index is 0.0605. The molecule has 2 aromatic rings. The summed E-state index contributed by atoms with van der Waals surface area (Å²) >= 11 is 1.87. The molecule has 1 fully saturated rings. The molecule has 132 valence electrons. The second kappa shape index (κ2) is 7.14. The van der Waals surface area contributed by atoms with Gasteiger partial charge < -0.3 is 9.64 Å². The Morgan fingerprint density at radius 1 is 1.20 bits per heavy atom. The molecule has 0 atom stereocenters. The highest BCUT2D eigenvalue weighted by molar-refractivity contribution is 7.11. The minimum Gasteiger partial charge on any atom is -0.496 e. The normalized spacial score (nSPS) is 17.6. The molecule has 6 heteroatoms. The third kappa shape index (κ3) is 3.41. The SMILES string of the molecule is COc1ccccc1C(=O)N1CCN(Cc2nc3c(s2)CCC3)CC1. The van der Waals surface area contributed by atoms with Crippen molar-refractivity contribution in [1.29, 1.82) is 0 Å². The number of hydrogen-bond donors (Lipinski definition) is 0. The van der Waals surface area contributed by atoms with Crippen molar-refractivity contribution < 1.29 is 9.53 Å². The number of hydrogen-bond acceptors (Lipinski definition) is 5. The first-order chi connectivity index (χ1) is 12.2. The zero-order chi connectivity index (χ0) is 17.2. The highest BCUT2D eigenvalue weighted by Gasteiger charge is 2.25. The lowest BCUT2D eigenvalue weighted by molar-refractivity contribution is 0.0625. The van der Waals surface area contributed by atoms with Crippen molar-refractivity contribution >= 4 is 17.2 Å². The number of thiazole rings is 1. The number of aromatic nitrogens is 1. The fourth-order valence-electron chi connectivity index (χ4n) is 3.60. The van der Waals surface area contributed by atoms with E-state index in [0.29, 0.717) is 11.3 Å². The van der Waals surface area contributed by atoms with Gasteiger partial charge in [-0.05, 0) is 31.4 Å². The summed E-state index contributed by atoms with van der Waals surface area (Å²) in [4.78, 5) is 23.4. The van der Waals surface area contributed by atoms with Gasteiger partial charge in [0.15, 0.2) is 0 Å². The van der Waals surface area contributed by atoms with Crippen molar-refractivity contribution in [2.45, 2.75) is 25.8 Å². The Balaban J connectivity index is 1.35. The fourth-order valence-corrected chi connectivity index (χ4v) is 4.80. The number of carbonyl (C=O) groups excluding carboxylic acids is 1. The Kier molecular flexibility index (Phi) is 4.72.